The van der Waals surface area contributed by atoms with Gasteiger partial charge >= 0.3 is 17.9 Å². The fourth-order valence-corrected chi connectivity index (χ4v) is 7.43. The second kappa shape index (κ2) is 18.2. The second-order valence-corrected chi connectivity index (χ2v) is 13.7. The fraction of sp³-hybridized carbons (Fsp3) is 0.308. The zero-order chi connectivity index (χ0) is 38.9. The van der Waals surface area contributed by atoms with Gasteiger partial charge in [-0.25, -0.2) is 19.4 Å². The van der Waals surface area contributed by atoms with Crippen LogP contribution in [0, 0.1) is 3.57 Å². The molecule has 0 aliphatic carbocycles. The van der Waals surface area contributed by atoms with E-state index in [0.29, 0.717) is 61.3 Å². The molecule has 0 radical (unpaired) electrons. The van der Waals surface area contributed by atoms with E-state index in [1.54, 1.807) is 82.3 Å². The van der Waals surface area contributed by atoms with E-state index >= 15 is 0 Å². The molecule has 2 heterocycles. The fourth-order valence-electron chi connectivity index (χ4n) is 5.61. The number of rotatable bonds is 15. The summed E-state index contributed by atoms with van der Waals surface area (Å²) in [4.78, 5) is 56.6. The molecule has 284 valence electrons. The summed E-state index contributed by atoms with van der Waals surface area (Å²) in [5.74, 6) is 0.0294. The topological polar surface area (TPSA) is 150 Å². The summed E-state index contributed by atoms with van der Waals surface area (Å²) in [5.41, 5.74) is 2.75. The van der Waals surface area contributed by atoms with Crippen LogP contribution in [0.1, 0.15) is 60.8 Å². The summed E-state index contributed by atoms with van der Waals surface area (Å²) in [6.07, 6.45) is 1.74. The van der Waals surface area contributed by atoms with Crippen molar-refractivity contribution in [2.45, 2.75) is 40.3 Å². The smallest absolute Gasteiger partial charge is 0.343 e. The van der Waals surface area contributed by atoms with Gasteiger partial charge in [0.25, 0.3) is 5.56 Å². The standard InChI is InChI=1S/C39H39IN2O11S/c1-7-49-29-19-26(14-15-28(29)52-21-32(43)48-6)34-33(38(46)51-9-3)22(4)41-39-42(34)36(44)31(54-39)18-24-16-27(40)35(30(17-24)47-5)53-20-23-10-12-25(13-11-23)37(45)50-8-2/h10-19,34H,7-9,20-21H2,1-6H3/b31-18+/t34-/m1/s1. The monoisotopic (exact) mass is 870 g/mol. The van der Waals surface area contributed by atoms with Gasteiger partial charge in [-0.3, -0.25) is 9.36 Å². The number of carbonyl (C=O) groups excluding carboxylic acids is 3. The van der Waals surface area contributed by atoms with Crippen LogP contribution < -0.4 is 33.8 Å². The van der Waals surface area contributed by atoms with Crippen molar-refractivity contribution in [3.8, 4) is 23.0 Å². The number of allylic oxidation sites excluding steroid dienone is 1. The molecule has 5 rings (SSSR count). The lowest BCUT2D eigenvalue weighted by Gasteiger charge is -2.25. The summed E-state index contributed by atoms with van der Waals surface area (Å²) in [7, 11) is 2.80. The van der Waals surface area contributed by atoms with Gasteiger partial charge in [0.05, 0.1) is 65.0 Å². The Kier molecular flexibility index (Phi) is 13.5. The molecular weight excluding hydrogens is 831 g/mol. The highest BCUT2D eigenvalue weighted by molar-refractivity contribution is 14.1. The largest absolute Gasteiger partial charge is 0.493 e. The van der Waals surface area contributed by atoms with Gasteiger partial charge in [-0.1, -0.05) is 29.5 Å². The van der Waals surface area contributed by atoms with Gasteiger partial charge in [0.2, 0.25) is 0 Å². The Morgan fingerprint density at radius 3 is 2.26 bits per heavy atom. The van der Waals surface area contributed by atoms with E-state index < -0.39 is 18.0 Å². The summed E-state index contributed by atoms with van der Waals surface area (Å²) < 4.78 is 41.1. The molecule has 54 heavy (non-hydrogen) atoms. The first kappa shape index (κ1) is 40.0. The lowest BCUT2D eigenvalue weighted by atomic mass is 9.95. The minimum absolute atomic E-state index is 0.124. The molecule has 0 fully saturated rings. The van der Waals surface area contributed by atoms with E-state index in [-0.39, 0.29) is 43.5 Å². The van der Waals surface area contributed by atoms with Gasteiger partial charge in [-0.05, 0) is 109 Å². The second-order valence-electron chi connectivity index (χ2n) is 11.5. The number of halogens is 1. The average Bonchev–Trinajstić information content (AvgIpc) is 3.46. The number of esters is 3. The molecule has 0 saturated carbocycles. The zero-order valence-corrected chi connectivity index (χ0v) is 33.5. The van der Waals surface area contributed by atoms with E-state index in [4.69, 9.17) is 33.2 Å². The average molecular weight is 871 g/mol. The van der Waals surface area contributed by atoms with Crippen molar-refractivity contribution in [1.29, 1.82) is 0 Å². The molecule has 0 bridgehead atoms. The van der Waals surface area contributed by atoms with Gasteiger partial charge in [0.1, 0.15) is 6.61 Å². The van der Waals surface area contributed by atoms with Crippen LogP contribution in [0.15, 0.2) is 75.7 Å². The van der Waals surface area contributed by atoms with Crippen molar-refractivity contribution in [3.05, 3.63) is 111 Å². The molecule has 0 N–H and O–H groups in total. The number of hydrogen-bond donors (Lipinski definition) is 0. The molecule has 4 aromatic rings. The molecule has 1 aromatic heterocycles. The molecule has 1 aliphatic heterocycles. The van der Waals surface area contributed by atoms with E-state index in [1.807, 2.05) is 6.07 Å². The van der Waals surface area contributed by atoms with Crippen molar-refractivity contribution in [2.24, 2.45) is 4.99 Å². The summed E-state index contributed by atoms with van der Waals surface area (Å²) >= 11 is 3.34. The predicted octanol–water partition coefficient (Wildman–Crippen LogP) is 5.12. The first-order valence-electron chi connectivity index (χ1n) is 17.0. The lowest BCUT2D eigenvalue weighted by Crippen LogP contribution is -2.40. The molecule has 0 amide bonds. The van der Waals surface area contributed by atoms with Crippen LogP contribution in [0.5, 0.6) is 23.0 Å². The van der Waals surface area contributed by atoms with Gasteiger partial charge in [-0.2, -0.15) is 0 Å². The molecule has 3 aromatic carbocycles. The number of thiazole rings is 1. The van der Waals surface area contributed by atoms with E-state index in [9.17, 15) is 19.2 Å². The van der Waals surface area contributed by atoms with E-state index in [1.165, 1.54) is 30.1 Å². The lowest BCUT2D eigenvalue weighted by molar-refractivity contribution is -0.143. The predicted molar refractivity (Wildman–Crippen MR) is 208 cm³/mol. The maximum Gasteiger partial charge on any atom is 0.343 e. The Morgan fingerprint density at radius 1 is 0.870 bits per heavy atom. The van der Waals surface area contributed by atoms with Crippen molar-refractivity contribution in [3.63, 3.8) is 0 Å². The van der Waals surface area contributed by atoms with Crippen LogP contribution in [0.2, 0.25) is 0 Å². The third kappa shape index (κ3) is 8.95. The molecule has 1 aliphatic rings. The molecule has 0 unspecified atom stereocenters. The minimum atomic E-state index is -0.909. The summed E-state index contributed by atoms with van der Waals surface area (Å²) in [6.45, 7) is 7.56. The van der Waals surface area contributed by atoms with Gasteiger partial charge in [0.15, 0.2) is 34.4 Å². The number of carbonyl (C=O) groups is 3. The van der Waals surface area contributed by atoms with Gasteiger partial charge in [0, 0.05) is 0 Å². The Morgan fingerprint density at radius 2 is 1.59 bits per heavy atom. The Balaban J connectivity index is 1.52. The van der Waals surface area contributed by atoms with Crippen molar-refractivity contribution in [1.82, 2.24) is 4.57 Å². The van der Waals surface area contributed by atoms with Crippen LogP contribution in [0.25, 0.3) is 6.08 Å². The third-order valence-corrected chi connectivity index (χ3v) is 9.86. The maximum atomic E-state index is 14.3. The third-order valence-electron chi connectivity index (χ3n) is 8.07. The number of fused-ring (bicyclic) bond motifs is 1. The van der Waals surface area contributed by atoms with E-state index in [0.717, 1.165) is 9.13 Å². The highest BCUT2D eigenvalue weighted by atomic mass is 127. The molecular formula is C39H39IN2O11S. The number of hydrogen-bond acceptors (Lipinski definition) is 13. The van der Waals surface area contributed by atoms with Gasteiger partial charge in [-0.15, -0.1) is 0 Å². The first-order chi connectivity index (χ1) is 26.0. The summed E-state index contributed by atoms with van der Waals surface area (Å²) in [6, 6.07) is 14.7. The number of benzene rings is 3. The number of methoxy groups -OCH3 is 2. The Bertz CT molecular complexity index is 2260. The molecule has 15 heteroatoms. The van der Waals surface area contributed by atoms with Crippen LogP contribution >= 0.6 is 33.9 Å². The number of aromatic nitrogens is 1. The van der Waals surface area contributed by atoms with E-state index in [2.05, 4.69) is 27.6 Å². The molecule has 13 nitrogen and oxygen atoms in total. The minimum Gasteiger partial charge on any atom is -0.493 e. The highest BCUT2D eigenvalue weighted by Crippen LogP contribution is 2.37. The van der Waals surface area contributed by atoms with Crippen LogP contribution in [-0.2, 0) is 30.4 Å². The maximum absolute atomic E-state index is 14.3. The molecule has 0 spiro atoms. The number of nitrogens with zero attached hydrogens (tertiary/aromatic N) is 2. The summed E-state index contributed by atoms with van der Waals surface area (Å²) in [5, 5.41) is 0. The normalized spacial score (nSPS) is 13.8. The van der Waals surface area contributed by atoms with Crippen molar-refractivity contribution >= 4 is 57.9 Å². The van der Waals surface area contributed by atoms with Crippen LogP contribution in [0.3, 0.4) is 0 Å². The SMILES string of the molecule is CCOC(=O)C1=C(C)N=c2s/c(=C/c3cc(I)c(OCc4ccc(C(=O)OCC)cc4)c(OC)c3)c(=O)n2[C@@H]1c1ccc(OCC(=O)OC)c(OCC)c1. The van der Waals surface area contributed by atoms with Crippen molar-refractivity contribution < 1.29 is 47.5 Å². The Hall–Kier alpha value is -5.16. The van der Waals surface area contributed by atoms with Crippen LogP contribution in [0.4, 0.5) is 0 Å². The van der Waals surface area contributed by atoms with Crippen molar-refractivity contribution in [2.75, 3.05) is 40.6 Å². The highest BCUT2D eigenvalue weighted by Gasteiger charge is 2.34. The van der Waals surface area contributed by atoms with Crippen LogP contribution in [-0.4, -0.2) is 63.1 Å². The zero-order valence-electron chi connectivity index (χ0n) is 30.6. The molecule has 0 saturated heterocycles. The van der Waals surface area contributed by atoms with Gasteiger partial charge < -0.3 is 33.2 Å². The number of ether oxygens (including phenoxy) is 7. The first-order valence-corrected chi connectivity index (χ1v) is 18.8. The molecule has 1 atom stereocenters. The Labute approximate surface area is 328 Å². The quantitative estimate of drug-likeness (QED) is 0.0891.